The van der Waals surface area contributed by atoms with E-state index in [2.05, 4.69) is 26.0 Å². The maximum Gasteiger partial charge on any atom is 0.317 e. The van der Waals surface area contributed by atoms with Gasteiger partial charge in [-0.05, 0) is 24.8 Å². The molecule has 0 fully saturated rings. The summed E-state index contributed by atoms with van der Waals surface area (Å²) in [6, 6.07) is 10.2. The van der Waals surface area contributed by atoms with Crippen LogP contribution in [0.1, 0.15) is 77.2 Å². The third-order valence-electron chi connectivity index (χ3n) is 5.27. The van der Waals surface area contributed by atoms with Gasteiger partial charge in [0.05, 0.1) is 0 Å². The van der Waals surface area contributed by atoms with E-state index < -0.39 is 11.6 Å². The quantitative estimate of drug-likeness (QED) is 0.259. The lowest BCUT2D eigenvalue weighted by Crippen LogP contribution is -2.57. The zero-order valence-corrected chi connectivity index (χ0v) is 18.1. The highest BCUT2D eigenvalue weighted by atomic mass is 16.9. The average Bonchev–Trinajstić information content (AvgIpc) is 2.72. The summed E-state index contributed by atoms with van der Waals surface area (Å²) in [6.45, 7) is 5.04. The third kappa shape index (κ3) is 6.28. The largest absolute Gasteiger partial charge is 0.362 e. The molecule has 1 atom stereocenters. The highest BCUT2D eigenvalue weighted by Crippen LogP contribution is 2.44. The van der Waals surface area contributed by atoms with Crippen LogP contribution in [0.25, 0.3) is 0 Å². The van der Waals surface area contributed by atoms with E-state index >= 15 is 0 Å². The van der Waals surface area contributed by atoms with Gasteiger partial charge in [-0.3, -0.25) is 0 Å². The Morgan fingerprint density at radius 3 is 1.81 bits per heavy atom. The summed E-state index contributed by atoms with van der Waals surface area (Å²) in [6.07, 6.45) is 10.1. The Balaban J connectivity index is 3.15. The molecule has 0 saturated heterocycles. The number of methoxy groups -OCH3 is 3. The molecule has 0 aliphatic heterocycles. The Morgan fingerprint density at radius 1 is 0.704 bits per heavy atom. The van der Waals surface area contributed by atoms with Gasteiger partial charge in [-0.25, -0.2) is 0 Å². The molecule has 0 aliphatic rings. The van der Waals surface area contributed by atoms with Gasteiger partial charge in [-0.2, -0.15) is 0 Å². The Morgan fingerprint density at radius 2 is 1.26 bits per heavy atom. The summed E-state index contributed by atoms with van der Waals surface area (Å²) in [5.74, 6) is -1.29. The van der Waals surface area contributed by atoms with E-state index in [-0.39, 0.29) is 0 Å². The smallest absolute Gasteiger partial charge is 0.317 e. The lowest BCUT2D eigenvalue weighted by Gasteiger charge is -2.46. The van der Waals surface area contributed by atoms with Crippen LogP contribution in [0, 0.1) is 0 Å². The van der Waals surface area contributed by atoms with E-state index in [1.807, 2.05) is 18.2 Å². The fraction of sp³-hybridized carbons (Fsp3) is 0.739. The van der Waals surface area contributed by atoms with Gasteiger partial charge in [0.1, 0.15) is 0 Å². The van der Waals surface area contributed by atoms with Crippen LogP contribution >= 0.6 is 0 Å². The standard InChI is InChI=1S/C23H40O4/c1-6-8-10-11-12-16-19-22(27-20-9-7-2,21-17-14-13-15-18-21)23(24-3,25-4)26-5/h13-15,17-18H,6-12,16,19-20H2,1-5H3. The van der Waals surface area contributed by atoms with Gasteiger partial charge in [0.15, 0.2) is 5.60 Å². The minimum absolute atomic E-state index is 0.638. The molecule has 1 aromatic carbocycles. The molecule has 1 unspecified atom stereocenters. The molecule has 0 aromatic heterocycles. The molecule has 0 amide bonds. The molecule has 0 spiro atoms. The van der Waals surface area contributed by atoms with Gasteiger partial charge in [-0.1, -0.05) is 82.7 Å². The molecule has 0 saturated carbocycles. The maximum absolute atomic E-state index is 6.55. The van der Waals surface area contributed by atoms with Crippen molar-refractivity contribution >= 4 is 0 Å². The van der Waals surface area contributed by atoms with Gasteiger partial charge in [-0.15, -0.1) is 0 Å². The van der Waals surface area contributed by atoms with Crippen molar-refractivity contribution in [2.45, 2.75) is 83.2 Å². The summed E-state index contributed by atoms with van der Waals surface area (Å²) in [4.78, 5) is 0. The first kappa shape index (κ1) is 24.1. The fourth-order valence-corrected chi connectivity index (χ4v) is 3.72. The highest BCUT2D eigenvalue weighted by Gasteiger charge is 2.56. The van der Waals surface area contributed by atoms with Crippen LogP contribution in [0.4, 0.5) is 0 Å². The predicted octanol–water partition coefficient (Wildman–Crippen LogP) is 6.04. The van der Waals surface area contributed by atoms with Gasteiger partial charge in [0, 0.05) is 27.9 Å². The van der Waals surface area contributed by atoms with Crippen molar-refractivity contribution in [2.24, 2.45) is 0 Å². The number of rotatable bonds is 16. The lowest BCUT2D eigenvalue weighted by atomic mass is 9.84. The summed E-state index contributed by atoms with van der Waals surface area (Å²) in [5, 5.41) is 0. The van der Waals surface area contributed by atoms with E-state index in [0.29, 0.717) is 6.61 Å². The van der Waals surface area contributed by atoms with Crippen LogP contribution in [0.2, 0.25) is 0 Å². The van der Waals surface area contributed by atoms with Crippen molar-refractivity contribution in [3.63, 3.8) is 0 Å². The molecule has 4 nitrogen and oxygen atoms in total. The Labute approximate surface area is 166 Å². The first-order valence-electron chi connectivity index (χ1n) is 10.5. The number of benzene rings is 1. The topological polar surface area (TPSA) is 36.9 Å². The Kier molecular flexibility index (Phi) is 11.8. The van der Waals surface area contributed by atoms with Crippen molar-refractivity contribution < 1.29 is 18.9 Å². The van der Waals surface area contributed by atoms with Crippen molar-refractivity contribution in [1.29, 1.82) is 0 Å². The second kappa shape index (κ2) is 13.3. The normalized spacial score (nSPS) is 14.3. The first-order chi connectivity index (χ1) is 13.2. The maximum atomic E-state index is 6.55. The van der Waals surface area contributed by atoms with Crippen LogP contribution in [0.15, 0.2) is 30.3 Å². The highest BCUT2D eigenvalue weighted by molar-refractivity contribution is 5.25. The van der Waals surface area contributed by atoms with Gasteiger partial charge < -0.3 is 18.9 Å². The van der Waals surface area contributed by atoms with Crippen LogP contribution in [-0.2, 0) is 24.5 Å². The molecule has 0 bridgehead atoms. The van der Waals surface area contributed by atoms with E-state index in [4.69, 9.17) is 18.9 Å². The molecule has 1 aromatic rings. The zero-order chi connectivity index (χ0) is 20.0. The SMILES string of the molecule is CCCCCCCCC(OCCCC)(c1ccccc1)C(OC)(OC)OC. The van der Waals surface area contributed by atoms with Crippen molar-refractivity contribution in [1.82, 2.24) is 0 Å². The van der Waals surface area contributed by atoms with Crippen LogP contribution in [0.3, 0.4) is 0 Å². The summed E-state index contributed by atoms with van der Waals surface area (Å²) >= 11 is 0. The molecule has 0 heterocycles. The lowest BCUT2D eigenvalue weighted by molar-refractivity contribution is -0.433. The molecule has 27 heavy (non-hydrogen) atoms. The Bertz CT molecular complexity index is 464. The average molecular weight is 381 g/mol. The van der Waals surface area contributed by atoms with E-state index in [0.717, 1.165) is 31.2 Å². The minimum atomic E-state index is -1.29. The first-order valence-corrected chi connectivity index (χ1v) is 10.5. The molecule has 156 valence electrons. The summed E-state index contributed by atoms with van der Waals surface area (Å²) in [7, 11) is 4.86. The van der Waals surface area contributed by atoms with E-state index in [1.165, 1.54) is 32.1 Å². The number of ether oxygens (including phenoxy) is 4. The molecular formula is C23H40O4. The molecule has 0 N–H and O–H groups in total. The Hall–Kier alpha value is -0.940. The van der Waals surface area contributed by atoms with E-state index in [9.17, 15) is 0 Å². The van der Waals surface area contributed by atoms with Crippen LogP contribution in [-0.4, -0.2) is 33.9 Å². The monoisotopic (exact) mass is 380 g/mol. The zero-order valence-electron chi connectivity index (χ0n) is 18.1. The van der Waals surface area contributed by atoms with Crippen molar-refractivity contribution in [2.75, 3.05) is 27.9 Å². The third-order valence-corrected chi connectivity index (χ3v) is 5.27. The van der Waals surface area contributed by atoms with E-state index in [1.54, 1.807) is 21.3 Å². The fourth-order valence-electron chi connectivity index (χ4n) is 3.72. The van der Waals surface area contributed by atoms with Gasteiger partial charge in [0.25, 0.3) is 0 Å². The second-order valence-electron chi connectivity index (χ2n) is 7.08. The van der Waals surface area contributed by atoms with Crippen LogP contribution < -0.4 is 0 Å². The summed E-state index contributed by atoms with van der Waals surface area (Å²) in [5.41, 5.74) is 0.215. The molecule has 4 heteroatoms. The van der Waals surface area contributed by atoms with Crippen molar-refractivity contribution in [3.05, 3.63) is 35.9 Å². The van der Waals surface area contributed by atoms with Crippen LogP contribution in [0.5, 0.6) is 0 Å². The van der Waals surface area contributed by atoms with Gasteiger partial charge in [0.2, 0.25) is 0 Å². The molecule has 0 radical (unpaired) electrons. The molecular weight excluding hydrogens is 340 g/mol. The van der Waals surface area contributed by atoms with Gasteiger partial charge >= 0.3 is 5.97 Å². The minimum Gasteiger partial charge on any atom is -0.362 e. The molecule has 1 rings (SSSR count). The molecule has 0 aliphatic carbocycles. The van der Waals surface area contributed by atoms with Crippen molar-refractivity contribution in [3.8, 4) is 0 Å². The summed E-state index contributed by atoms with van der Waals surface area (Å²) < 4.78 is 24.0. The number of unbranched alkanes of at least 4 members (excludes halogenated alkanes) is 6. The predicted molar refractivity (Wildman–Crippen MR) is 111 cm³/mol. The number of hydrogen-bond donors (Lipinski definition) is 0. The number of hydrogen-bond acceptors (Lipinski definition) is 4. The second-order valence-corrected chi connectivity index (χ2v) is 7.08.